The number of likely N-dealkylation sites (tertiary alicyclic amines) is 1. The zero-order valence-electron chi connectivity index (χ0n) is 14.1. The molecule has 24 heavy (non-hydrogen) atoms. The Morgan fingerprint density at radius 3 is 2.25 bits per heavy atom. The lowest BCUT2D eigenvalue weighted by Crippen LogP contribution is -2.48. The molecule has 136 valence electrons. The van der Waals surface area contributed by atoms with Crippen LogP contribution in [0.25, 0.3) is 0 Å². The second kappa shape index (κ2) is 10.1. The maximum atomic E-state index is 12.3. The molecule has 0 unspecified atom stereocenters. The van der Waals surface area contributed by atoms with Gasteiger partial charge in [-0.15, -0.1) is 24.8 Å². The number of carbonyl (C=O) groups is 1. The molecule has 0 atom stereocenters. The van der Waals surface area contributed by atoms with Gasteiger partial charge in [-0.05, 0) is 37.8 Å². The van der Waals surface area contributed by atoms with E-state index in [9.17, 15) is 4.79 Å². The largest absolute Gasteiger partial charge is 0.398 e. The van der Waals surface area contributed by atoms with Gasteiger partial charge < -0.3 is 16.0 Å². The van der Waals surface area contributed by atoms with Gasteiger partial charge >= 0.3 is 0 Å². The summed E-state index contributed by atoms with van der Waals surface area (Å²) in [6.07, 6.45) is 8.99. The smallest absolute Gasteiger partial charge is 0.253 e. The number of nitrogens with zero attached hydrogens (tertiary/aromatic N) is 1. The van der Waals surface area contributed by atoms with Crippen molar-refractivity contribution in [2.24, 2.45) is 0 Å². The second-order valence-corrected chi connectivity index (χ2v) is 6.66. The lowest BCUT2D eigenvalue weighted by Gasteiger charge is -2.39. The number of amides is 1. The number of rotatable bonds is 3. The number of nitrogen functional groups attached to an aromatic ring is 1. The summed E-state index contributed by atoms with van der Waals surface area (Å²) in [4.78, 5) is 14.9. The average Bonchev–Trinajstić information content (AvgIpc) is 2.57. The molecule has 2 fully saturated rings. The van der Waals surface area contributed by atoms with E-state index in [1.54, 1.807) is 12.1 Å². The third-order valence-corrected chi connectivity index (χ3v) is 5.16. The highest BCUT2D eigenvalue weighted by Crippen LogP contribution is 2.25. The number of piperidine rings is 1. The number of benzene rings is 1. The number of hydrogen-bond donors (Lipinski definition) is 2. The third kappa shape index (κ3) is 5.27. The first-order valence-corrected chi connectivity index (χ1v) is 8.63. The van der Waals surface area contributed by atoms with Gasteiger partial charge in [0.05, 0.1) is 5.56 Å². The number of hydrogen-bond acceptors (Lipinski definition) is 3. The van der Waals surface area contributed by atoms with Gasteiger partial charge in [0.2, 0.25) is 0 Å². The molecule has 3 rings (SSSR count). The van der Waals surface area contributed by atoms with Crippen molar-refractivity contribution in [3.8, 4) is 0 Å². The molecule has 0 radical (unpaired) electrons. The summed E-state index contributed by atoms with van der Waals surface area (Å²) in [5.41, 5.74) is 7.03. The number of halogens is 2. The Labute approximate surface area is 157 Å². The van der Waals surface area contributed by atoms with Crippen LogP contribution in [0.4, 0.5) is 5.69 Å². The minimum absolute atomic E-state index is 0. The second-order valence-electron chi connectivity index (χ2n) is 6.66. The van der Waals surface area contributed by atoms with Crippen LogP contribution in [0.2, 0.25) is 0 Å². The van der Waals surface area contributed by atoms with Crippen LogP contribution in [0.15, 0.2) is 24.3 Å². The normalized spacial score (nSPS) is 19.8. The van der Waals surface area contributed by atoms with Crippen LogP contribution in [0, 0.1) is 0 Å². The van der Waals surface area contributed by atoms with Crippen LogP contribution < -0.4 is 11.1 Å². The van der Waals surface area contributed by atoms with Gasteiger partial charge in [-0.25, -0.2) is 0 Å². The molecule has 0 aromatic heterocycles. The molecule has 1 amide bonds. The van der Waals surface area contributed by atoms with Crippen LogP contribution in [-0.2, 0) is 0 Å². The number of nitrogens with two attached hydrogens (primary N) is 1. The highest BCUT2D eigenvalue weighted by Gasteiger charge is 2.27. The molecule has 6 heteroatoms. The van der Waals surface area contributed by atoms with Crippen molar-refractivity contribution >= 4 is 36.4 Å². The SMILES string of the molecule is Cl.Cl.Nc1ccccc1C(=O)NC1CCN(C2CCCCC2)CC1. The minimum atomic E-state index is -0.0331. The zero-order valence-corrected chi connectivity index (χ0v) is 15.7. The van der Waals surface area contributed by atoms with Crippen molar-refractivity contribution in [2.75, 3.05) is 18.8 Å². The minimum Gasteiger partial charge on any atom is -0.398 e. The summed E-state index contributed by atoms with van der Waals surface area (Å²) >= 11 is 0. The highest BCUT2D eigenvalue weighted by atomic mass is 35.5. The summed E-state index contributed by atoms with van der Waals surface area (Å²) in [5.74, 6) is -0.0331. The molecule has 1 heterocycles. The average molecular weight is 374 g/mol. The molecule has 3 N–H and O–H groups in total. The van der Waals surface area contributed by atoms with Crippen LogP contribution in [0.1, 0.15) is 55.3 Å². The quantitative estimate of drug-likeness (QED) is 0.795. The first-order valence-electron chi connectivity index (χ1n) is 8.63. The first kappa shape index (κ1) is 21.1. The standard InChI is InChI=1S/C18H27N3O.2ClH/c19-17-9-5-4-8-16(17)18(22)20-14-10-12-21(13-11-14)15-6-2-1-3-7-15;;/h4-5,8-9,14-15H,1-3,6-7,10-13,19H2,(H,20,22);2*1H. The molecule has 1 aliphatic carbocycles. The topological polar surface area (TPSA) is 58.4 Å². The molecule has 1 aromatic carbocycles. The van der Waals surface area contributed by atoms with Crippen molar-refractivity contribution in [3.05, 3.63) is 29.8 Å². The number of nitrogens with one attached hydrogen (secondary N) is 1. The van der Waals surface area contributed by atoms with E-state index >= 15 is 0 Å². The Morgan fingerprint density at radius 1 is 1.00 bits per heavy atom. The van der Waals surface area contributed by atoms with Crippen molar-refractivity contribution < 1.29 is 4.79 Å². The molecule has 1 saturated heterocycles. The summed E-state index contributed by atoms with van der Waals surface area (Å²) in [6, 6.07) is 8.36. The number of carbonyl (C=O) groups excluding carboxylic acids is 1. The fourth-order valence-electron chi connectivity index (χ4n) is 3.82. The lowest BCUT2D eigenvalue weighted by atomic mass is 9.92. The van der Waals surface area contributed by atoms with Gasteiger partial charge in [0, 0.05) is 30.9 Å². The van der Waals surface area contributed by atoms with Gasteiger partial charge in [0.1, 0.15) is 0 Å². The Hall–Kier alpha value is -0.970. The van der Waals surface area contributed by atoms with E-state index in [0.29, 0.717) is 11.3 Å². The molecule has 0 bridgehead atoms. The van der Waals surface area contributed by atoms with Crippen molar-refractivity contribution in [1.29, 1.82) is 0 Å². The van der Waals surface area contributed by atoms with Crippen molar-refractivity contribution in [3.63, 3.8) is 0 Å². The van der Waals surface area contributed by atoms with Crippen LogP contribution in [0.3, 0.4) is 0 Å². The van der Waals surface area contributed by atoms with Gasteiger partial charge in [0.25, 0.3) is 5.91 Å². The van der Waals surface area contributed by atoms with Gasteiger partial charge in [0.15, 0.2) is 0 Å². The lowest BCUT2D eigenvalue weighted by molar-refractivity contribution is 0.0866. The monoisotopic (exact) mass is 373 g/mol. The van der Waals surface area contributed by atoms with E-state index in [-0.39, 0.29) is 36.8 Å². The Kier molecular flexibility index (Phi) is 8.88. The van der Waals surface area contributed by atoms with E-state index in [0.717, 1.165) is 32.0 Å². The van der Waals surface area contributed by atoms with E-state index < -0.39 is 0 Å². The van der Waals surface area contributed by atoms with E-state index in [1.165, 1.54) is 32.1 Å². The van der Waals surface area contributed by atoms with Crippen LogP contribution in [0.5, 0.6) is 0 Å². The van der Waals surface area contributed by atoms with Gasteiger partial charge in [-0.2, -0.15) is 0 Å². The van der Waals surface area contributed by atoms with Crippen LogP contribution in [-0.4, -0.2) is 36.0 Å². The maximum Gasteiger partial charge on any atom is 0.253 e. The maximum absolute atomic E-state index is 12.3. The van der Waals surface area contributed by atoms with Crippen molar-refractivity contribution in [2.45, 2.75) is 57.0 Å². The van der Waals surface area contributed by atoms with Gasteiger partial charge in [-0.1, -0.05) is 31.4 Å². The Balaban J connectivity index is 0.00000144. The highest BCUT2D eigenvalue weighted by molar-refractivity contribution is 5.99. The van der Waals surface area contributed by atoms with E-state index in [1.807, 2.05) is 12.1 Å². The molecule has 1 saturated carbocycles. The molecule has 2 aliphatic rings. The third-order valence-electron chi connectivity index (χ3n) is 5.16. The Bertz CT molecular complexity index is 513. The first-order chi connectivity index (χ1) is 10.7. The molecule has 4 nitrogen and oxygen atoms in total. The predicted molar refractivity (Wildman–Crippen MR) is 104 cm³/mol. The molecule has 1 aromatic rings. The zero-order chi connectivity index (χ0) is 15.4. The molecule has 0 spiro atoms. The van der Waals surface area contributed by atoms with E-state index in [4.69, 9.17) is 5.73 Å². The van der Waals surface area contributed by atoms with Crippen molar-refractivity contribution in [1.82, 2.24) is 10.2 Å². The number of anilines is 1. The summed E-state index contributed by atoms with van der Waals surface area (Å²) < 4.78 is 0. The van der Waals surface area contributed by atoms with Crippen LogP contribution >= 0.6 is 24.8 Å². The van der Waals surface area contributed by atoms with E-state index in [2.05, 4.69) is 10.2 Å². The summed E-state index contributed by atoms with van der Waals surface area (Å²) in [6.45, 7) is 2.22. The van der Waals surface area contributed by atoms with Gasteiger partial charge in [-0.3, -0.25) is 4.79 Å². The fourth-order valence-corrected chi connectivity index (χ4v) is 3.82. The summed E-state index contributed by atoms with van der Waals surface area (Å²) in [5, 5.41) is 3.15. The predicted octanol–water partition coefficient (Wildman–Crippen LogP) is 3.64. The fraction of sp³-hybridized carbons (Fsp3) is 0.611. The molecule has 1 aliphatic heterocycles. The summed E-state index contributed by atoms with van der Waals surface area (Å²) in [7, 11) is 0. The molecular weight excluding hydrogens is 345 g/mol. The number of para-hydroxylation sites is 1. The Morgan fingerprint density at radius 2 is 1.62 bits per heavy atom. The molecular formula is C18H29Cl2N3O.